The highest BCUT2D eigenvalue weighted by Crippen LogP contribution is 2.12. The van der Waals surface area contributed by atoms with Gasteiger partial charge in [-0.2, -0.15) is 0 Å². The van der Waals surface area contributed by atoms with Crippen LogP contribution in [0.15, 0.2) is 36.9 Å². The molecule has 17 heavy (non-hydrogen) atoms. The number of hydrogen-bond donors (Lipinski definition) is 0. The summed E-state index contributed by atoms with van der Waals surface area (Å²) in [5.74, 6) is 0. The molecule has 0 saturated heterocycles. The molecule has 0 nitrogen and oxygen atoms in total. The molecule has 0 spiro atoms. The molecule has 0 atom stereocenters. The van der Waals surface area contributed by atoms with Gasteiger partial charge in [-0.05, 0) is 18.0 Å². The molecule has 0 aliphatic rings. The third kappa shape index (κ3) is 6.03. The molecule has 1 rings (SSSR count). The van der Waals surface area contributed by atoms with Gasteiger partial charge in [0.15, 0.2) is 0 Å². The maximum atomic E-state index is 3.81. The van der Waals surface area contributed by atoms with Crippen molar-refractivity contribution < 1.29 is 0 Å². The van der Waals surface area contributed by atoms with Crippen molar-refractivity contribution in [1.82, 2.24) is 0 Å². The second kappa shape index (κ2) is 7.67. The Kier molecular flexibility index (Phi) is 6.52. The van der Waals surface area contributed by atoms with Crippen LogP contribution in [0.5, 0.6) is 0 Å². The van der Waals surface area contributed by atoms with E-state index in [4.69, 9.17) is 0 Å². The molecule has 1 aromatic rings. The molecule has 0 saturated carbocycles. The van der Waals surface area contributed by atoms with Gasteiger partial charge in [-0.3, -0.25) is 0 Å². The average Bonchev–Trinajstić information content (AvgIpc) is 2.27. The van der Waals surface area contributed by atoms with Gasteiger partial charge in [0.2, 0.25) is 0 Å². The van der Waals surface area contributed by atoms with Gasteiger partial charge in [0.05, 0.1) is 0 Å². The lowest BCUT2D eigenvalue weighted by Gasteiger charge is -2.11. The fraction of sp³-hybridized carbons (Fsp3) is 0.467. The van der Waals surface area contributed by atoms with E-state index in [1.807, 2.05) is 6.08 Å². The van der Waals surface area contributed by atoms with Gasteiger partial charge < -0.3 is 0 Å². The minimum Gasteiger partial charge on any atom is -0.103 e. The van der Waals surface area contributed by atoms with Crippen molar-refractivity contribution in [3.05, 3.63) is 48.0 Å². The second-order valence-corrected chi connectivity index (χ2v) is 10.8. The van der Waals surface area contributed by atoms with Crippen LogP contribution >= 0.6 is 0 Å². The number of hydrogen-bond acceptors (Lipinski definition) is 0. The summed E-state index contributed by atoms with van der Waals surface area (Å²) in [5.41, 5.74) is 2.93. The molecule has 0 aliphatic heterocycles. The van der Waals surface area contributed by atoms with Crippen LogP contribution in [0.2, 0.25) is 31.7 Å². The third-order valence-corrected chi connectivity index (χ3v) is 6.79. The summed E-state index contributed by atoms with van der Waals surface area (Å²) in [6, 6.07) is 13.3. The normalized spacial score (nSPS) is 11.1. The first-order valence-electron chi connectivity index (χ1n) is 6.41. The van der Waals surface area contributed by atoms with Crippen molar-refractivity contribution in [1.29, 1.82) is 0 Å². The standard InChI is InChI=1S/C15H24Si2/c1-5-7-14-8-6-9-15(12-14)13-17(4)11-10-16(2)3/h5-6,8-9,12H,1,7,10-11,13H2,2-4H3. The predicted molar refractivity (Wildman–Crippen MR) is 82.8 cm³/mol. The first kappa shape index (κ1) is 14.5. The van der Waals surface area contributed by atoms with E-state index in [0.717, 1.165) is 6.42 Å². The molecular formula is C15H24Si2. The molecular weight excluding hydrogens is 236 g/mol. The van der Waals surface area contributed by atoms with Gasteiger partial charge in [-0.25, -0.2) is 0 Å². The van der Waals surface area contributed by atoms with Crippen LogP contribution in [0.3, 0.4) is 0 Å². The van der Waals surface area contributed by atoms with E-state index in [2.05, 4.69) is 50.5 Å². The zero-order valence-corrected chi connectivity index (χ0v) is 13.4. The number of benzene rings is 1. The van der Waals surface area contributed by atoms with Crippen LogP contribution in [0.1, 0.15) is 11.1 Å². The van der Waals surface area contributed by atoms with Crippen molar-refractivity contribution >= 4 is 17.6 Å². The molecule has 0 aliphatic carbocycles. The SMILES string of the molecule is C=CCc1cccc(C[Si](C)CC[Si](C)C)c1. The Labute approximate surface area is 110 Å². The summed E-state index contributed by atoms with van der Waals surface area (Å²) in [6.07, 6.45) is 2.98. The summed E-state index contributed by atoms with van der Waals surface area (Å²) < 4.78 is 0. The summed E-state index contributed by atoms with van der Waals surface area (Å²) in [6.45, 7) is 11.1. The van der Waals surface area contributed by atoms with Crippen LogP contribution in [-0.4, -0.2) is 17.6 Å². The molecule has 0 unspecified atom stereocenters. The molecule has 0 fully saturated rings. The lowest BCUT2D eigenvalue weighted by molar-refractivity contribution is 1.21. The van der Waals surface area contributed by atoms with Crippen molar-refractivity contribution in [2.24, 2.45) is 0 Å². The highest BCUT2D eigenvalue weighted by atomic mass is 28.3. The van der Waals surface area contributed by atoms with Crippen molar-refractivity contribution in [2.45, 2.75) is 44.2 Å². The number of rotatable bonds is 7. The van der Waals surface area contributed by atoms with Crippen molar-refractivity contribution in [3.8, 4) is 0 Å². The molecule has 92 valence electrons. The van der Waals surface area contributed by atoms with Crippen molar-refractivity contribution in [3.63, 3.8) is 0 Å². The monoisotopic (exact) mass is 260 g/mol. The fourth-order valence-corrected chi connectivity index (χ4v) is 6.73. The van der Waals surface area contributed by atoms with Gasteiger partial charge in [-0.15, -0.1) is 6.58 Å². The van der Waals surface area contributed by atoms with Crippen LogP contribution in [-0.2, 0) is 12.5 Å². The van der Waals surface area contributed by atoms with Crippen LogP contribution < -0.4 is 0 Å². The molecule has 2 heteroatoms. The summed E-state index contributed by atoms with van der Waals surface area (Å²) >= 11 is 0. The summed E-state index contributed by atoms with van der Waals surface area (Å²) in [4.78, 5) is 0. The molecule has 0 heterocycles. The molecule has 1 aromatic carbocycles. The molecule has 0 bridgehead atoms. The second-order valence-electron chi connectivity index (χ2n) is 5.15. The predicted octanol–water partition coefficient (Wildman–Crippen LogP) is 4.38. The Morgan fingerprint density at radius 1 is 1.12 bits per heavy atom. The zero-order chi connectivity index (χ0) is 12.7. The Bertz CT molecular complexity index is 345. The van der Waals surface area contributed by atoms with Crippen LogP contribution in [0.25, 0.3) is 0 Å². The average molecular weight is 261 g/mol. The lowest BCUT2D eigenvalue weighted by atomic mass is 10.1. The molecule has 0 amide bonds. The first-order valence-corrected chi connectivity index (χ1v) is 11.5. The van der Waals surface area contributed by atoms with E-state index in [9.17, 15) is 0 Å². The molecule has 0 aromatic heterocycles. The summed E-state index contributed by atoms with van der Waals surface area (Å²) in [5, 5.41) is 0. The molecule has 0 N–H and O–H groups in total. The highest BCUT2D eigenvalue weighted by molar-refractivity contribution is 6.62. The minimum absolute atomic E-state index is 0.0253. The molecule has 2 radical (unpaired) electrons. The van der Waals surface area contributed by atoms with Gasteiger partial charge in [0.25, 0.3) is 0 Å². The van der Waals surface area contributed by atoms with Gasteiger partial charge >= 0.3 is 0 Å². The quantitative estimate of drug-likeness (QED) is 0.504. The van der Waals surface area contributed by atoms with E-state index < -0.39 is 0 Å². The lowest BCUT2D eigenvalue weighted by Crippen LogP contribution is -2.14. The van der Waals surface area contributed by atoms with Crippen molar-refractivity contribution in [2.75, 3.05) is 0 Å². The minimum atomic E-state index is -0.169. The van der Waals surface area contributed by atoms with E-state index in [1.54, 1.807) is 0 Å². The third-order valence-electron chi connectivity index (χ3n) is 2.93. The first-order chi connectivity index (χ1) is 8.11. The van der Waals surface area contributed by atoms with Crippen LogP contribution in [0.4, 0.5) is 0 Å². The van der Waals surface area contributed by atoms with Gasteiger partial charge in [0.1, 0.15) is 0 Å². The Morgan fingerprint density at radius 2 is 1.82 bits per heavy atom. The largest absolute Gasteiger partial charge is 0.103 e. The van der Waals surface area contributed by atoms with E-state index in [0.29, 0.717) is 0 Å². The Morgan fingerprint density at radius 3 is 2.47 bits per heavy atom. The maximum absolute atomic E-state index is 3.81. The highest BCUT2D eigenvalue weighted by Gasteiger charge is 2.07. The van der Waals surface area contributed by atoms with Crippen LogP contribution in [0, 0.1) is 0 Å². The van der Waals surface area contributed by atoms with E-state index in [-0.39, 0.29) is 17.6 Å². The maximum Gasteiger partial charge on any atom is 0.0489 e. The van der Waals surface area contributed by atoms with Gasteiger partial charge in [0, 0.05) is 17.6 Å². The zero-order valence-electron chi connectivity index (χ0n) is 11.4. The smallest absolute Gasteiger partial charge is 0.0489 e. The van der Waals surface area contributed by atoms with Gasteiger partial charge in [-0.1, -0.05) is 67.6 Å². The van der Waals surface area contributed by atoms with E-state index in [1.165, 1.54) is 29.3 Å². The summed E-state index contributed by atoms with van der Waals surface area (Å²) in [7, 11) is -0.194. The number of allylic oxidation sites excluding steroid dienone is 1. The fourth-order valence-electron chi connectivity index (χ4n) is 1.93. The topological polar surface area (TPSA) is 0 Å². The van der Waals surface area contributed by atoms with E-state index >= 15 is 0 Å². The Hall–Kier alpha value is -0.606. The Balaban J connectivity index is 2.49.